The van der Waals surface area contributed by atoms with Crippen molar-refractivity contribution in [1.29, 1.82) is 0 Å². The number of hydrogen-bond donors (Lipinski definition) is 2. The van der Waals surface area contributed by atoms with Crippen molar-refractivity contribution in [3.8, 4) is 0 Å². The maximum Gasteiger partial charge on any atom is 0.335 e. The van der Waals surface area contributed by atoms with Gasteiger partial charge in [-0.2, -0.15) is 0 Å². The molecular weight excluding hydrogens is 299 g/mol. The molecule has 0 aromatic heterocycles. The number of rotatable bonds is 3. The van der Waals surface area contributed by atoms with Crippen LogP contribution < -0.4 is 0 Å². The molecule has 1 rings (SSSR count). The third kappa shape index (κ3) is 2.44. The highest BCUT2D eigenvalue weighted by atomic mass is 127. The zero-order valence-corrected chi connectivity index (χ0v) is 9.19. The summed E-state index contributed by atoms with van der Waals surface area (Å²) in [4.78, 5) is 21.3. The molecule has 14 heavy (non-hydrogen) atoms. The molecule has 0 aliphatic heterocycles. The molecule has 4 nitrogen and oxygen atoms in total. The fourth-order valence-corrected chi connectivity index (χ4v) is 1.46. The van der Waals surface area contributed by atoms with E-state index in [1.54, 1.807) is 0 Å². The molecule has 0 saturated carbocycles. The number of benzene rings is 1. The quantitative estimate of drug-likeness (QED) is 0.662. The molecule has 0 heterocycles. The molecule has 2 N–H and O–H groups in total. The fourth-order valence-electron chi connectivity index (χ4n) is 1.02. The van der Waals surface area contributed by atoms with Crippen LogP contribution in [-0.4, -0.2) is 22.2 Å². The number of alkyl halides is 1. The number of aromatic carboxylic acids is 2. The van der Waals surface area contributed by atoms with E-state index in [1.165, 1.54) is 12.1 Å². The summed E-state index contributed by atoms with van der Waals surface area (Å²) in [6.07, 6.45) is 0. The van der Waals surface area contributed by atoms with Crippen LogP contribution in [-0.2, 0) is 4.43 Å². The van der Waals surface area contributed by atoms with Gasteiger partial charge in [0, 0.05) is 4.43 Å². The highest BCUT2D eigenvalue weighted by Gasteiger charge is 2.10. The minimum absolute atomic E-state index is 0.0107. The van der Waals surface area contributed by atoms with Gasteiger partial charge < -0.3 is 10.2 Å². The first-order valence-electron chi connectivity index (χ1n) is 3.71. The molecule has 0 fully saturated rings. The van der Waals surface area contributed by atoms with Crippen molar-refractivity contribution in [2.45, 2.75) is 4.43 Å². The Morgan fingerprint density at radius 3 is 1.79 bits per heavy atom. The van der Waals surface area contributed by atoms with Crippen molar-refractivity contribution in [2.75, 3.05) is 0 Å². The maximum atomic E-state index is 10.6. The van der Waals surface area contributed by atoms with Gasteiger partial charge in [0.05, 0.1) is 11.1 Å². The number of carboxylic acid groups (broad SMARTS) is 2. The first-order valence-corrected chi connectivity index (χ1v) is 5.23. The van der Waals surface area contributed by atoms with Gasteiger partial charge in [-0.25, -0.2) is 9.59 Å². The number of carboxylic acids is 2. The van der Waals surface area contributed by atoms with E-state index in [2.05, 4.69) is 0 Å². The Morgan fingerprint density at radius 1 is 1.07 bits per heavy atom. The van der Waals surface area contributed by atoms with Gasteiger partial charge in [-0.3, -0.25) is 0 Å². The summed E-state index contributed by atoms with van der Waals surface area (Å²) in [5.74, 6) is -2.22. The van der Waals surface area contributed by atoms with Gasteiger partial charge in [-0.1, -0.05) is 22.6 Å². The second kappa shape index (κ2) is 4.41. The van der Waals surface area contributed by atoms with E-state index in [1.807, 2.05) is 22.6 Å². The highest BCUT2D eigenvalue weighted by molar-refractivity contribution is 14.1. The van der Waals surface area contributed by atoms with E-state index in [-0.39, 0.29) is 11.1 Å². The normalized spacial score (nSPS) is 9.79. The predicted octanol–water partition coefficient (Wildman–Crippen LogP) is 2.02. The van der Waals surface area contributed by atoms with Crippen molar-refractivity contribution in [1.82, 2.24) is 0 Å². The van der Waals surface area contributed by atoms with Gasteiger partial charge in [0.15, 0.2) is 0 Å². The molecule has 0 aliphatic rings. The lowest BCUT2D eigenvalue weighted by Crippen LogP contribution is -2.03. The summed E-state index contributed by atoms with van der Waals surface area (Å²) in [7, 11) is 0. The summed E-state index contributed by atoms with van der Waals surface area (Å²) in [6.45, 7) is 0. The third-order valence-electron chi connectivity index (χ3n) is 1.64. The Hall–Kier alpha value is -1.11. The molecule has 0 spiro atoms. The lowest BCUT2D eigenvalue weighted by atomic mass is 10.1. The molecule has 0 unspecified atom stereocenters. The van der Waals surface area contributed by atoms with Gasteiger partial charge >= 0.3 is 11.9 Å². The average Bonchev–Trinajstić information content (AvgIpc) is 2.16. The molecule has 0 radical (unpaired) electrons. The predicted molar refractivity (Wildman–Crippen MR) is 58.1 cm³/mol. The second-order valence-corrected chi connectivity index (χ2v) is 3.43. The van der Waals surface area contributed by atoms with Crippen LogP contribution in [0.5, 0.6) is 0 Å². The van der Waals surface area contributed by atoms with Crippen LogP contribution in [0.1, 0.15) is 26.3 Å². The highest BCUT2D eigenvalue weighted by Crippen LogP contribution is 2.13. The summed E-state index contributed by atoms with van der Waals surface area (Å²) in [6, 6.07) is 4.10. The maximum absolute atomic E-state index is 10.6. The first-order chi connectivity index (χ1) is 6.54. The van der Waals surface area contributed by atoms with Gasteiger partial charge in [-0.05, 0) is 23.8 Å². The van der Waals surface area contributed by atoms with Crippen LogP contribution in [0.4, 0.5) is 0 Å². The average molecular weight is 306 g/mol. The van der Waals surface area contributed by atoms with E-state index in [0.717, 1.165) is 6.07 Å². The molecule has 0 amide bonds. The summed E-state index contributed by atoms with van der Waals surface area (Å²) in [5, 5.41) is 17.4. The van der Waals surface area contributed by atoms with Crippen molar-refractivity contribution in [2.24, 2.45) is 0 Å². The lowest BCUT2D eigenvalue weighted by Gasteiger charge is -2.01. The number of halogens is 1. The minimum atomic E-state index is -1.11. The molecule has 0 aliphatic carbocycles. The summed E-state index contributed by atoms with van der Waals surface area (Å²) < 4.78 is 0.582. The van der Waals surface area contributed by atoms with Gasteiger partial charge in [0.1, 0.15) is 0 Å². The molecule has 1 aromatic carbocycles. The Morgan fingerprint density at radius 2 is 1.50 bits per heavy atom. The van der Waals surface area contributed by atoms with Gasteiger partial charge in [0.25, 0.3) is 0 Å². The molecule has 0 saturated heterocycles. The van der Waals surface area contributed by atoms with E-state index >= 15 is 0 Å². The van der Waals surface area contributed by atoms with Gasteiger partial charge in [-0.15, -0.1) is 0 Å². The molecule has 74 valence electrons. The third-order valence-corrected chi connectivity index (χ3v) is 2.52. The lowest BCUT2D eigenvalue weighted by molar-refractivity contribution is 0.0696. The fraction of sp³-hybridized carbons (Fsp3) is 0.111. The smallest absolute Gasteiger partial charge is 0.335 e. The van der Waals surface area contributed by atoms with Crippen molar-refractivity contribution in [3.63, 3.8) is 0 Å². The standard InChI is InChI=1S/C9H7IO4/c10-4-5-1-6(8(11)12)3-7(2-5)9(13)14/h1-3H,4H2,(H,11,12)(H,13,14). The Kier molecular flexibility index (Phi) is 3.45. The number of hydrogen-bond acceptors (Lipinski definition) is 2. The molecule has 0 atom stereocenters. The minimum Gasteiger partial charge on any atom is -0.478 e. The van der Waals surface area contributed by atoms with Crippen LogP contribution >= 0.6 is 22.6 Å². The Labute approximate surface area is 93.7 Å². The largest absolute Gasteiger partial charge is 0.478 e. The molecule has 1 aromatic rings. The van der Waals surface area contributed by atoms with E-state index < -0.39 is 11.9 Å². The van der Waals surface area contributed by atoms with Crippen LogP contribution in [0.3, 0.4) is 0 Å². The molecular formula is C9H7IO4. The Bertz CT molecular complexity index is 354. The monoisotopic (exact) mass is 306 g/mol. The summed E-state index contributed by atoms with van der Waals surface area (Å²) >= 11 is 2.05. The zero-order valence-electron chi connectivity index (χ0n) is 7.03. The Balaban J connectivity index is 3.27. The number of carbonyl (C=O) groups is 2. The van der Waals surface area contributed by atoms with Crippen LogP contribution in [0.15, 0.2) is 18.2 Å². The van der Waals surface area contributed by atoms with Crippen molar-refractivity contribution in [3.05, 3.63) is 34.9 Å². The van der Waals surface area contributed by atoms with E-state index in [9.17, 15) is 9.59 Å². The van der Waals surface area contributed by atoms with E-state index in [4.69, 9.17) is 10.2 Å². The van der Waals surface area contributed by atoms with E-state index in [0.29, 0.717) is 9.99 Å². The van der Waals surface area contributed by atoms with Gasteiger partial charge in [0.2, 0.25) is 0 Å². The summed E-state index contributed by atoms with van der Waals surface area (Å²) in [5.41, 5.74) is 0.719. The SMILES string of the molecule is O=C(O)c1cc(CI)cc(C(=O)O)c1. The molecule has 0 bridgehead atoms. The van der Waals surface area contributed by atoms with Crippen LogP contribution in [0.25, 0.3) is 0 Å². The van der Waals surface area contributed by atoms with Crippen molar-refractivity contribution >= 4 is 34.5 Å². The zero-order chi connectivity index (χ0) is 10.7. The molecule has 5 heteroatoms. The topological polar surface area (TPSA) is 74.6 Å². The van der Waals surface area contributed by atoms with Crippen molar-refractivity contribution < 1.29 is 19.8 Å². The second-order valence-electron chi connectivity index (χ2n) is 2.66. The van der Waals surface area contributed by atoms with Crippen LogP contribution in [0.2, 0.25) is 0 Å². The van der Waals surface area contributed by atoms with Crippen LogP contribution in [0, 0.1) is 0 Å². The first kappa shape index (κ1) is 11.0.